The molecule has 0 aliphatic heterocycles. The number of carbonyl (C=O) groups excluding carboxylic acids is 1. The minimum Gasteiger partial charge on any atom is -0.496 e. The number of ether oxygens (including phenoxy) is 2. The van der Waals surface area contributed by atoms with Crippen LogP contribution in [0.1, 0.15) is 68.2 Å². The first-order chi connectivity index (χ1) is 13.0. The number of hydrogen-bond acceptors (Lipinski definition) is 6. The summed E-state index contributed by atoms with van der Waals surface area (Å²) in [6.45, 7) is 6.58. The van der Waals surface area contributed by atoms with Gasteiger partial charge in [-0.3, -0.25) is 10.1 Å². The number of rotatable bonds is 10. The van der Waals surface area contributed by atoms with Crippen LogP contribution < -0.4 is 14.8 Å². The highest BCUT2D eigenvalue weighted by Crippen LogP contribution is 2.40. The predicted molar refractivity (Wildman–Crippen MR) is 109 cm³/mol. The summed E-state index contributed by atoms with van der Waals surface area (Å²) in [6, 6.07) is 5.24. The Morgan fingerprint density at radius 1 is 1.07 bits per heavy atom. The van der Waals surface area contributed by atoms with E-state index >= 15 is 0 Å². The maximum atomic E-state index is 12.8. The molecule has 0 saturated carbocycles. The lowest BCUT2D eigenvalue weighted by atomic mass is 9.77. The molecular formula is C20H29N3O3S. The Kier molecular flexibility index (Phi) is 7.59. The number of nitrogens with zero attached hydrogens (tertiary/aromatic N) is 2. The molecule has 0 atom stereocenters. The molecular weight excluding hydrogens is 362 g/mol. The lowest BCUT2D eigenvalue weighted by Gasteiger charge is -2.29. The van der Waals surface area contributed by atoms with Crippen molar-refractivity contribution in [3.63, 3.8) is 0 Å². The summed E-state index contributed by atoms with van der Waals surface area (Å²) in [5.41, 5.74) is 0.384. The van der Waals surface area contributed by atoms with Crippen LogP contribution in [0.15, 0.2) is 18.2 Å². The zero-order chi connectivity index (χ0) is 19.9. The normalized spacial score (nSPS) is 11.3. The van der Waals surface area contributed by atoms with Gasteiger partial charge in [0.1, 0.15) is 22.1 Å². The van der Waals surface area contributed by atoms with E-state index in [1.54, 1.807) is 18.2 Å². The van der Waals surface area contributed by atoms with Crippen molar-refractivity contribution in [2.75, 3.05) is 19.5 Å². The predicted octanol–water partition coefficient (Wildman–Crippen LogP) is 5.06. The van der Waals surface area contributed by atoms with Gasteiger partial charge >= 0.3 is 0 Å². The van der Waals surface area contributed by atoms with E-state index in [0.29, 0.717) is 22.2 Å². The molecule has 6 nitrogen and oxygen atoms in total. The minimum atomic E-state index is -0.319. The summed E-state index contributed by atoms with van der Waals surface area (Å²) in [5, 5.41) is 13.0. The Balaban J connectivity index is 2.29. The first kappa shape index (κ1) is 21.2. The molecule has 1 aromatic heterocycles. The van der Waals surface area contributed by atoms with Crippen LogP contribution in [0.25, 0.3) is 0 Å². The third kappa shape index (κ3) is 4.58. The van der Waals surface area contributed by atoms with Crippen molar-refractivity contribution >= 4 is 22.4 Å². The smallest absolute Gasteiger partial charge is 0.265 e. The van der Waals surface area contributed by atoms with Gasteiger partial charge in [-0.1, -0.05) is 51.0 Å². The molecule has 0 aliphatic rings. The minimum absolute atomic E-state index is 0.0340. The van der Waals surface area contributed by atoms with Crippen molar-refractivity contribution in [1.29, 1.82) is 0 Å². The second kappa shape index (κ2) is 9.69. The summed E-state index contributed by atoms with van der Waals surface area (Å²) in [4.78, 5) is 12.8. The fourth-order valence-corrected chi connectivity index (χ4v) is 4.58. The fourth-order valence-electron chi connectivity index (χ4n) is 3.52. The first-order valence-corrected chi connectivity index (χ1v) is 10.2. The van der Waals surface area contributed by atoms with E-state index in [4.69, 9.17) is 9.47 Å². The van der Waals surface area contributed by atoms with Crippen LogP contribution in [0.4, 0.5) is 5.13 Å². The quantitative estimate of drug-likeness (QED) is 0.613. The lowest BCUT2D eigenvalue weighted by Crippen LogP contribution is -2.24. The van der Waals surface area contributed by atoms with Gasteiger partial charge in [-0.2, -0.15) is 0 Å². The molecule has 0 fully saturated rings. The molecule has 0 radical (unpaired) electrons. The molecule has 7 heteroatoms. The average molecular weight is 392 g/mol. The van der Waals surface area contributed by atoms with E-state index in [0.717, 1.165) is 37.1 Å². The third-order valence-electron chi connectivity index (χ3n) is 4.89. The van der Waals surface area contributed by atoms with E-state index in [1.807, 2.05) is 0 Å². The number of anilines is 1. The highest BCUT2D eigenvalue weighted by atomic mass is 32.1. The van der Waals surface area contributed by atoms with E-state index in [9.17, 15) is 4.79 Å². The van der Waals surface area contributed by atoms with Crippen LogP contribution in [0.3, 0.4) is 0 Å². The second-order valence-corrected chi connectivity index (χ2v) is 7.52. The number of hydrogen-bond donors (Lipinski definition) is 1. The Morgan fingerprint density at radius 2 is 1.67 bits per heavy atom. The van der Waals surface area contributed by atoms with Gasteiger partial charge in [-0.05, 0) is 31.4 Å². The molecule has 2 aromatic rings. The highest BCUT2D eigenvalue weighted by Gasteiger charge is 2.33. The molecule has 0 aliphatic carbocycles. The Labute approximate surface area is 165 Å². The number of nitrogens with one attached hydrogen (secondary N) is 1. The maximum absolute atomic E-state index is 12.8. The van der Waals surface area contributed by atoms with Gasteiger partial charge in [0, 0.05) is 5.41 Å². The summed E-state index contributed by atoms with van der Waals surface area (Å²) < 4.78 is 10.6. The number of carbonyl (C=O) groups is 1. The lowest BCUT2D eigenvalue weighted by molar-refractivity contribution is 0.102. The largest absolute Gasteiger partial charge is 0.496 e. The maximum Gasteiger partial charge on any atom is 0.265 e. The topological polar surface area (TPSA) is 73.3 Å². The van der Waals surface area contributed by atoms with Gasteiger partial charge in [-0.15, -0.1) is 10.2 Å². The van der Waals surface area contributed by atoms with Crippen LogP contribution in [-0.2, 0) is 5.41 Å². The monoisotopic (exact) mass is 391 g/mol. The first-order valence-electron chi connectivity index (χ1n) is 9.41. The van der Waals surface area contributed by atoms with Gasteiger partial charge in [0.2, 0.25) is 5.13 Å². The number of methoxy groups -OCH3 is 2. The molecule has 0 spiro atoms. The van der Waals surface area contributed by atoms with Crippen LogP contribution in [0.2, 0.25) is 0 Å². The summed E-state index contributed by atoms with van der Waals surface area (Å²) in [5.74, 6) is 0.591. The van der Waals surface area contributed by atoms with Gasteiger partial charge in [0.25, 0.3) is 5.91 Å². The summed E-state index contributed by atoms with van der Waals surface area (Å²) >= 11 is 1.46. The van der Waals surface area contributed by atoms with Gasteiger partial charge in [0.15, 0.2) is 0 Å². The van der Waals surface area contributed by atoms with Gasteiger partial charge < -0.3 is 9.47 Å². The molecule has 27 heavy (non-hydrogen) atoms. The number of amides is 1. The van der Waals surface area contributed by atoms with E-state index in [-0.39, 0.29) is 11.3 Å². The molecule has 0 bridgehead atoms. The van der Waals surface area contributed by atoms with Crippen molar-refractivity contribution < 1.29 is 14.3 Å². The number of benzene rings is 1. The van der Waals surface area contributed by atoms with Crippen molar-refractivity contribution in [2.45, 2.75) is 58.3 Å². The van der Waals surface area contributed by atoms with Crippen LogP contribution in [-0.4, -0.2) is 30.3 Å². The van der Waals surface area contributed by atoms with Crippen LogP contribution in [0.5, 0.6) is 11.5 Å². The molecule has 0 unspecified atom stereocenters. The summed E-state index contributed by atoms with van der Waals surface area (Å²) in [7, 11) is 3.05. The molecule has 1 N–H and O–H groups in total. The molecule has 2 rings (SSSR count). The molecule has 148 valence electrons. The van der Waals surface area contributed by atoms with E-state index < -0.39 is 0 Å². The van der Waals surface area contributed by atoms with Crippen molar-refractivity contribution in [2.24, 2.45) is 0 Å². The second-order valence-electron chi connectivity index (χ2n) is 6.54. The van der Waals surface area contributed by atoms with Crippen molar-refractivity contribution in [3.8, 4) is 11.5 Å². The fraction of sp³-hybridized carbons (Fsp3) is 0.550. The average Bonchev–Trinajstić information content (AvgIpc) is 3.15. The van der Waals surface area contributed by atoms with Crippen LogP contribution >= 0.6 is 11.3 Å². The Bertz CT molecular complexity index is 732. The van der Waals surface area contributed by atoms with Gasteiger partial charge in [-0.25, -0.2) is 0 Å². The van der Waals surface area contributed by atoms with Gasteiger partial charge in [0.05, 0.1) is 14.2 Å². The van der Waals surface area contributed by atoms with E-state index in [1.165, 1.54) is 25.6 Å². The Hall–Kier alpha value is -2.15. The third-order valence-corrected chi connectivity index (χ3v) is 5.97. The zero-order valence-electron chi connectivity index (χ0n) is 16.8. The molecule has 0 saturated heterocycles. The molecule has 1 heterocycles. The zero-order valence-corrected chi connectivity index (χ0v) is 17.6. The van der Waals surface area contributed by atoms with Crippen molar-refractivity contribution in [1.82, 2.24) is 10.2 Å². The standard InChI is InChI=1S/C20H29N3O3S/c1-6-12-20(8-3,13-7-2)18-22-23-19(27-18)21-17(24)16-14(25-4)10-9-11-15(16)26-5/h9-11H,6-8,12-13H2,1-5H3,(H,21,23,24). The molecule has 1 aromatic carbocycles. The molecule has 1 amide bonds. The SMILES string of the molecule is CCCC(CC)(CCC)c1nnc(NC(=O)c2c(OC)cccc2OC)s1. The highest BCUT2D eigenvalue weighted by molar-refractivity contribution is 7.15. The van der Waals surface area contributed by atoms with Crippen molar-refractivity contribution in [3.05, 3.63) is 28.8 Å². The van der Waals surface area contributed by atoms with E-state index in [2.05, 4.69) is 36.3 Å². The Morgan fingerprint density at radius 3 is 2.15 bits per heavy atom. The van der Waals surface area contributed by atoms with Crippen LogP contribution in [0, 0.1) is 0 Å². The number of aromatic nitrogens is 2. The summed E-state index contributed by atoms with van der Waals surface area (Å²) in [6.07, 6.45) is 5.33.